The molecular weight excluding hydrogens is 376 g/mol. The predicted molar refractivity (Wildman–Crippen MR) is 104 cm³/mol. The van der Waals surface area contributed by atoms with E-state index < -0.39 is 30.7 Å². The smallest absolute Gasteiger partial charge is 0.326 e. The summed E-state index contributed by atoms with van der Waals surface area (Å²) in [6, 6.07) is 5.92. The Labute approximate surface area is 169 Å². The van der Waals surface area contributed by atoms with E-state index in [1.807, 2.05) is 13.8 Å². The molecule has 29 heavy (non-hydrogen) atoms. The number of ether oxygens (including phenoxy) is 2. The van der Waals surface area contributed by atoms with E-state index >= 15 is 0 Å². The van der Waals surface area contributed by atoms with Crippen LogP contribution in [0.5, 0.6) is 5.75 Å². The van der Waals surface area contributed by atoms with Gasteiger partial charge in [0.2, 0.25) is 0 Å². The van der Waals surface area contributed by atoms with Crippen molar-refractivity contribution >= 4 is 23.7 Å². The number of carbonyl (C=O) groups excluding carboxylic acids is 4. The van der Waals surface area contributed by atoms with Gasteiger partial charge in [-0.25, -0.2) is 4.79 Å². The molecule has 1 aliphatic heterocycles. The van der Waals surface area contributed by atoms with Crippen molar-refractivity contribution in [3.05, 3.63) is 29.8 Å². The van der Waals surface area contributed by atoms with Crippen LogP contribution in [0.3, 0.4) is 0 Å². The summed E-state index contributed by atoms with van der Waals surface area (Å²) in [4.78, 5) is 50.4. The predicted octanol–water partition coefficient (Wildman–Crippen LogP) is 2.31. The van der Waals surface area contributed by atoms with E-state index in [9.17, 15) is 19.2 Å². The molecule has 1 aliphatic carbocycles. The molecule has 2 aliphatic rings. The number of imide groups is 1. The first-order chi connectivity index (χ1) is 13.9. The molecular formula is C21H26N2O6. The molecule has 1 saturated carbocycles. The first kappa shape index (κ1) is 20.8. The lowest BCUT2D eigenvalue weighted by Gasteiger charge is -2.36. The maximum Gasteiger partial charge on any atom is 0.326 e. The molecule has 0 aromatic heterocycles. The largest absolute Gasteiger partial charge is 0.494 e. The van der Waals surface area contributed by atoms with Crippen LogP contribution in [-0.4, -0.2) is 53.9 Å². The van der Waals surface area contributed by atoms with Gasteiger partial charge in [0.1, 0.15) is 17.8 Å². The molecule has 0 unspecified atom stereocenters. The number of nitrogens with one attached hydrogen (secondary N) is 1. The van der Waals surface area contributed by atoms with E-state index in [0.717, 1.165) is 24.2 Å². The Bertz CT molecular complexity index is 806. The number of benzene rings is 1. The first-order valence-electron chi connectivity index (χ1n) is 9.93. The van der Waals surface area contributed by atoms with E-state index in [1.165, 1.54) is 0 Å². The molecule has 8 nitrogen and oxygen atoms in total. The van der Waals surface area contributed by atoms with Crippen LogP contribution in [0.1, 0.15) is 49.9 Å². The second-order valence-corrected chi connectivity index (χ2v) is 7.48. The summed E-state index contributed by atoms with van der Waals surface area (Å²) in [7, 11) is 0. The van der Waals surface area contributed by atoms with Gasteiger partial charge >= 0.3 is 12.0 Å². The molecule has 1 aromatic carbocycles. The number of hydrogen-bond acceptors (Lipinski definition) is 6. The van der Waals surface area contributed by atoms with Crippen molar-refractivity contribution < 1.29 is 28.7 Å². The Hall–Kier alpha value is -2.90. The molecule has 1 spiro atoms. The molecule has 1 heterocycles. The molecule has 1 N–H and O–H groups in total. The summed E-state index contributed by atoms with van der Waals surface area (Å²) >= 11 is 0. The van der Waals surface area contributed by atoms with Crippen molar-refractivity contribution in [1.29, 1.82) is 0 Å². The minimum absolute atomic E-state index is 0.00922. The lowest BCUT2D eigenvalue weighted by atomic mass is 9.73. The third-order valence-electron chi connectivity index (χ3n) is 5.64. The maximum absolute atomic E-state index is 12.8. The number of Topliss-reactive ketones (excluding diaryl/α,β-unsaturated/α-hetero) is 1. The number of ketones is 1. The fourth-order valence-electron chi connectivity index (χ4n) is 3.95. The summed E-state index contributed by atoms with van der Waals surface area (Å²) in [5, 5.41) is 2.78. The summed E-state index contributed by atoms with van der Waals surface area (Å²) in [5.41, 5.74) is -0.542. The zero-order chi connectivity index (χ0) is 21.0. The van der Waals surface area contributed by atoms with Gasteiger partial charge in [-0.1, -0.05) is 19.8 Å². The molecule has 8 heteroatoms. The van der Waals surface area contributed by atoms with Crippen LogP contribution in [0.4, 0.5) is 4.79 Å². The molecule has 3 rings (SSSR count). The van der Waals surface area contributed by atoms with Gasteiger partial charge in [0, 0.05) is 5.56 Å². The molecule has 2 fully saturated rings. The minimum atomic E-state index is -0.923. The van der Waals surface area contributed by atoms with Crippen LogP contribution < -0.4 is 10.1 Å². The number of nitrogens with zero attached hydrogens (tertiary/aromatic N) is 1. The van der Waals surface area contributed by atoms with E-state index in [4.69, 9.17) is 9.47 Å². The minimum Gasteiger partial charge on any atom is -0.494 e. The fourth-order valence-corrected chi connectivity index (χ4v) is 3.95. The molecule has 156 valence electrons. The molecule has 2 atom stereocenters. The number of amides is 3. The Morgan fingerprint density at radius 3 is 2.59 bits per heavy atom. The van der Waals surface area contributed by atoms with Gasteiger partial charge in [-0.2, -0.15) is 0 Å². The van der Waals surface area contributed by atoms with Crippen LogP contribution in [-0.2, 0) is 14.3 Å². The number of carbonyl (C=O) groups is 4. The van der Waals surface area contributed by atoms with Gasteiger partial charge in [0.15, 0.2) is 12.4 Å². The second kappa shape index (κ2) is 8.63. The van der Waals surface area contributed by atoms with Crippen LogP contribution in [0.15, 0.2) is 24.3 Å². The highest BCUT2D eigenvalue weighted by atomic mass is 16.5. The van der Waals surface area contributed by atoms with Gasteiger partial charge in [0.05, 0.1) is 6.61 Å². The molecule has 3 amide bonds. The molecule has 0 radical (unpaired) electrons. The highest BCUT2D eigenvalue weighted by molar-refractivity contribution is 6.09. The summed E-state index contributed by atoms with van der Waals surface area (Å²) < 4.78 is 10.3. The second-order valence-electron chi connectivity index (χ2n) is 7.48. The average Bonchev–Trinajstić information content (AvgIpc) is 2.94. The van der Waals surface area contributed by atoms with Gasteiger partial charge in [0.25, 0.3) is 5.91 Å². The van der Waals surface area contributed by atoms with Crippen molar-refractivity contribution in [1.82, 2.24) is 10.2 Å². The first-order valence-corrected chi connectivity index (χ1v) is 9.93. The van der Waals surface area contributed by atoms with Crippen molar-refractivity contribution in [3.63, 3.8) is 0 Å². The van der Waals surface area contributed by atoms with Crippen LogP contribution in [0.25, 0.3) is 0 Å². The van der Waals surface area contributed by atoms with Crippen LogP contribution >= 0.6 is 0 Å². The summed E-state index contributed by atoms with van der Waals surface area (Å²) in [6.07, 6.45) is 3.29. The number of hydrogen-bond donors (Lipinski definition) is 1. The zero-order valence-electron chi connectivity index (χ0n) is 16.7. The highest BCUT2D eigenvalue weighted by Crippen LogP contribution is 2.38. The maximum atomic E-state index is 12.8. The monoisotopic (exact) mass is 402 g/mol. The van der Waals surface area contributed by atoms with Crippen molar-refractivity contribution in [3.8, 4) is 5.75 Å². The lowest BCUT2D eigenvalue weighted by molar-refractivity contribution is -0.147. The average molecular weight is 402 g/mol. The standard InChI is InChI=1S/C21H26N2O6/c1-3-28-16-9-7-15(8-10-16)17(24)13-29-18(25)12-23-19(26)21(22-20(23)27)11-5-4-6-14(21)2/h7-10,14H,3-6,11-13H2,1-2H3,(H,22,27)/t14-,21+/m0/s1. The van der Waals surface area contributed by atoms with E-state index in [2.05, 4.69) is 5.32 Å². The molecule has 1 aromatic rings. The Balaban J connectivity index is 1.54. The topological polar surface area (TPSA) is 102 Å². The number of rotatable bonds is 7. The van der Waals surface area contributed by atoms with Gasteiger partial charge in [-0.05, 0) is 49.9 Å². The third kappa shape index (κ3) is 4.26. The number of esters is 1. The molecule has 0 bridgehead atoms. The van der Waals surface area contributed by atoms with Crippen LogP contribution in [0, 0.1) is 5.92 Å². The van der Waals surface area contributed by atoms with E-state index in [0.29, 0.717) is 24.3 Å². The van der Waals surface area contributed by atoms with Crippen molar-refractivity contribution in [2.24, 2.45) is 5.92 Å². The zero-order valence-corrected chi connectivity index (χ0v) is 16.7. The van der Waals surface area contributed by atoms with Crippen LogP contribution in [0.2, 0.25) is 0 Å². The van der Waals surface area contributed by atoms with Gasteiger partial charge in [-0.15, -0.1) is 0 Å². The van der Waals surface area contributed by atoms with E-state index in [1.54, 1.807) is 24.3 Å². The Kier molecular flexibility index (Phi) is 6.20. The van der Waals surface area contributed by atoms with Crippen molar-refractivity contribution in [2.75, 3.05) is 19.8 Å². The summed E-state index contributed by atoms with van der Waals surface area (Å²) in [5.74, 6) is -0.908. The molecule has 1 saturated heterocycles. The fraction of sp³-hybridized carbons (Fsp3) is 0.524. The lowest BCUT2D eigenvalue weighted by Crippen LogP contribution is -2.54. The quantitative estimate of drug-likeness (QED) is 0.427. The SMILES string of the molecule is CCOc1ccc(C(=O)COC(=O)CN2C(=O)N[C@@]3(CCCC[C@@H]3C)C2=O)cc1. The highest BCUT2D eigenvalue weighted by Gasteiger charge is 2.55. The number of urea groups is 1. The van der Waals surface area contributed by atoms with Gasteiger partial charge in [-0.3, -0.25) is 19.3 Å². The van der Waals surface area contributed by atoms with Crippen molar-refractivity contribution in [2.45, 2.75) is 45.1 Å². The normalized spacial score (nSPS) is 23.8. The third-order valence-corrected chi connectivity index (χ3v) is 5.64. The Morgan fingerprint density at radius 2 is 1.93 bits per heavy atom. The Morgan fingerprint density at radius 1 is 1.21 bits per heavy atom. The summed E-state index contributed by atoms with van der Waals surface area (Å²) in [6.45, 7) is 3.36. The van der Waals surface area contributed by atoms with E-state index in [-0.39, 0.29) is 17.6 Å². The van der Waals surface area contributed by atoms with Gasteiger partial charge < -0.3 is 14.8 Å².